The summed E-state index contributed by atoms with van der Waals surface area (Å²) in [6, 6.07) is 13.0. The Kier molecular flexibility index (Phi) is 5.81. The van der Waals surface area contributed by atoms with Crippen LogP contribution in [0.3, 0.4) is 0 Å². The van der Waals surface area contributed by atoms with Gasteiger partial charge in [-0.1, -0.05) is 29.8 Å². The van der Waals surface area contributed by atoms with Crippen LogP contribution >= 0.6 is 0 Å². The zero-order chi connectivity index (χ0) is 15.9. The highest BCUT2D eigenvalue weighted by atomic mass is 16.5. The number of ether oxygens (including phenoxy) is 1. The van der Waals surface area contributed by atoms with E-state index in [0.29, 0.717) is 19.7 Å². The van der Waals surface area contributed by atoms with Crippen molar-refractivity contribution >= 4 is 0 Å². The molecule has 0 amide bonds. The largest absolute Gasteiger partial charge is 0.508 e. The number of nitrogens with one attached hydrogen (secondary N) is 1. The lowest BCUT2D eigenvalue weighted by molar-refractivity contribution is 0.174. The Morgan fingerprint density at radius 1 is 1.14 bits per heavy atom. The van der Waals surface area contributed by atoms with Crippen molar-refractivity contribution in [2.45, 2.75) is 26.5 Å². The Labute approximate surface area is 131 Å². The molecule has 0 bridgehead atoms. The standard InChI is InChI=1S/C18H23NO3/c1-3-22-16-8-9-17(20)15(10-16)11-19-12-18(21)14-6-4-13(2)5-7-14/h4-10,18-21H,3,11-12H2,1-2H3. The van der Waals surface area contributed by atoms with Gasteiger partial charge in [-0.25, -0.2) is 0 Å². The molecular weight excluding hydrogens is 278 g/mol. The minimum atomic E-state index is -0.571. The number of benzene rings is 2. The lowest BCUT2D eigenvalue weighted by Gasteiger charge is -2.14. The van der Waals surface area contributed by atoms with Crippen molar-refractivity contribution in [3.05, 3.63) is 59.2 Å². The Bertz CT molecular complexity index is 596. The molecule has 0 radical (unpaired) electrons. The summed E-state index contributed by atoms with van der Waals surface area (Å²) in [4.78, 5) is 0. The first kappa shape index (κ1) is 16.3. The molecule has 2 aromatic rings. The third kappa shape index (κ3) is 4.48. The smallest absolute Gasteiger partial charge is 0.120 e. The van der Waals surface area contributed by atoms with E-state index in [4.69, 9.17) is 4.74 Å². The first-order valence-corrected chi connectivity index (χ1v) is 7.50. The Balaban J connectivity index is 1.90. The monoisotopic (exact) mass is 301 g/mol. The molecule has 2 rings (SSSR count). The van der Waals surface area contributed by atoms with E-state index in [1.807, 2.05) is 44.2 Å². The number of aliphatic hydroxyl groups is 1. The molecule has 2 aromatic carbocycles. The molecule has 1 atom stereocenters. The van der Waals surface area contributed by atoms with Crippen molar-refractivity contribution in [3.8, 4) is 11.5 Å². The van der Waals surface area contributed by atoms with Crippen LogP contribution in [0.2, 0.25) is 0 Å². The molecule has 0 saturated heterocycles. The van der Waals surface area contributed by atoms with E-state index >= 15 is 0 Å². The molecule has 0 heterocycles. The molecule has 118 valence electrons. The molecule has 0 saturated carbocycles. The SMILES string of the molecule is CCOc1ccc(O)c(CNCC(O)c2ccc(C)cc2)c1. The van der Waals surface area contributed by atoms with Gasteiger partial charge in [0, 0.05) is 18.7 Å². The molecule has 3 N–H and O–H groups in total. The fourth-order valence-corrected chi connectivity index (χ4v) is 2.21. The number of hydrogen-bond donors (Lipinski definition) is 3. The second-order valence-electron chi connectivity index (χ2n) is 5.28. The summed E-state index contributed by atoms with van der Waals surface area (Å²) < 4.78 is 5.42. The molecular formula is C18H23NO3. The van der Waals surface area contributed by atoms with Gasteiger partial charge in [0.15, 0.2) is 0 Å². The maximum Gasteiger partial charge on any atom is 0.120 e. The molecule has 4 nitrogen and oxygen atoms in total. The predicted octanol–water partition coefficient (Wildman–Crippen LogP) is 2.92. The van der Waals surface area contributed by atoms with Gasteiger partial charge in [0.25, 0.3) is 0 Å². The number of aliphatic hydroxyl groups excluding tert-OH is 1. The molecule has 0 aliphatic heterocycles. The summed E-state index contributed by atoms with van der Waals surface area (Å²) in [5.41, 5.74) is 2.80. The topological polar surface area (TPSA) is 61.7 Å². The minimum absolute atomic E-state index is 0.223. The highest BCUT2D eigenvalue weighted by molar-refractivity contribution is 5.39. The molecule has 0 aliphatic carbocycles. The van der Waals surface area contributed by atoms with Crippen molar-refractivity contribution in [2.24, 2.45) is 0 Å². The molecule has 4 heteroatoms. The molecule has 0 spiro atoms. The van der Waals surface area contributed by atoms with Gasteiger partial charge in [0.1, 0.15) is 11.5 Å². The van der Waals surface area contributed by atoms with Crippen LogP contribution in [0.15, 0.2) is 42.5 Å². The van der Waals surface area contributed by atoms with Gasteiger partial charge < -0.3 is 20.3 Å². The van der Waals surface area contributed by atoms with Gasteiger partial charge in [-0.3, -0.25) is 0 Å². The van der Waals surface area contributed by atoms with E-state index in [9.17, 15) is 10.2 Å². The van der Waals surface area contributed by atoms with E-state index in [0.717, 1.165) is 16.9 Å². The van der Waals surface area contributed by atoms with Crippen LogP contribution in [-0.4, -0.2) is 23.4 Å². The summed E-state index contributed by atoms with van der Waals surface area (Å²) >= 11 is 0. The zero-order valence-corrected chi connectivity index (χ0v) is 13.0. The maximum atomic E-state index is 10.1. The lowest BCUT2D eigenvalue weighted by Crippen LogP contribution is -2.21. The van der Waals surface area contributed by atoms with Gasteiger partial charge in [0.2, 0.25) is 0 Å². The normalized spacial score (nSPS) is 12.1. The van der Waals surface area contributed by atoms with Crippen molar-refractivity contribution in [1.29, 1.82) is 0 Å². The van der Waals surface area contributed by atoms with Crippen molar-refractivity contribution < 1.29 is 14.9 Å². The second-order valence-corrected chi connectivity index (χ2v) is 5.28. The minimum Gasteiger partial charge on any atom is -0.508 e. The Morgan fingerprint density at radius 2 is 1.86 bits per heavy atom. The average molecular weight is 301 g/mol. The number of hydrogen-bond acceptors (Lipinski definition) is 4. The number of aromatic hydroxyl groups is 1. The van der Waals surface area contributed by atoms with E-state index < -0.39 is 6.10 Å². The van der Waals surface area contributed by atoms with Crippen LogP contribution in [0.5, 0.6) is 11.5 Å². The summed E-state index contributed by atoms with van der Waals surface area (Å²) in [6.07, 6.45) is -0.571. The molecule has 0 aromatic heterocycles. The lowest BCUT2D eigenvalue weighted by atomic mass is 10.1. The number of phenolic OH excluding ortho intramolecular Hbond substituents is 1. The van der Waals surface area contributed by atoms with E-state index in [1.165, 1.54) is 5.56 Å². The molecule has 1 unspecified atom stereocenters. The third-order valence-electron chi connectivity index (χ3n) is 3.48. The number of rotatable bonds is 7. The van der Waals surface area contributed by atoms with Gasteiger partial charge in [-0.15, -0.1) is 0 Å². The van der Waals surface area contributed by atoms with Crippen LogP contribution < -0.4 is 10.1 Å². The molecule has 22 heavy (non-hydrogen) atoms. The van der Waals surface area contributed by atoms with E-state index in [2.05, 4.69) is 5.32 Å². The first-order chi connectivity index (χ1) is 10.6. The van der Waals surface area contributed by atoms with Crippen molar-refractivity contribution in [1.82, 2.24) is 5.32 Å². The van der Waals surface area contributed by atoms with Gasteiger partial charge in [0.05, 0.1) is 12.7 Å². The molecule has 0 aliphatic rings. The van der Waals surface area contributed by atoms with E-state index in [-0.39, 0.29) is 5.75 Å². The summed E-state index contributed by atoms with van der Waals surface area (Å²) in [5, 5.41) is 23.2. The van der Waals surface area contributed by atoms with Crippen LogP contribution in [0.1, 0.15) is 29.7 Å². The van der Waals surface area contributed by atoms with Gasteiger partial charge in [-0.05, 0) is 37.6 Å². The summed E-state index contributed by atoms with van der Waals surface area (Å²) in [6.45, 7) is 5.41. The first-order valence-electron chi connectivity index (χ1n) is 7.50. The maximum absolute atomic E-state index is 10.1. The Morgan fingerprint density at radius 3 is 2.55 bits per heavy atom. The Hall–Kier alpha value is -2.04. The molecule has 0 fully saturated rings. The third-order valence-corrected chi connectivity index (χ3v) is 3.48. The summed E-state index contributed by atoms with van der Waals surface area (Å²) in [5.74, 6) is 0.956. The van der Waals surface area contributed by atoms with Crippen LogP contribution in [0.4, 0.5) is 0 Å². The number of aryl methyl sites for hydroxylation is 1. The number of phenols is 1. The van der Waals surface area contributed by atoms with E-state index in [1.54, 1.807) is 12.1 Å². The summed E-state index contributed by atoms with van der Waals surface area (Å²) in [7, 11) is 0. The zero-order valence-electron chi connectivity index (χ0n) is 13.0. The van der Waals surface area contributed by atoms with Crippen LogP contribution in [0.25, 0.3) is 0 Å². The fraction of sp³-hybridized carbons (Fsp3) is 0.333. The van der Waals surface area contributed by atoms with Crippen molar-refractivity contribution in [3.63, 3.8) is 0 Å². The quantitative estimate of drug-likeness (QED) is 0.736. The van der Waals surface area contributed by atoms with Crippen LogP contribution in [0, 0.1) is 6.92 Å². The van der Waals surface area contributed by atoms with Crippen LogP contribution in [-0.2, 0) is 6.54 Å². The van der Waals surface area contributed by atoms with Gasteiger partial charge in [-0.2, -0.15) is 0 Å². The fourth-order valence-electron chi connectivity index (χ4n) is 2.21. The van der Waals surface area contributed by atoms with Crippen molar-refractivity contribution in [2.75, 3.05) is 13.2 Å². The average Bonchev–Trinajstić information content (AvgIpc) is 2.51. The second kappa shape index (κ2) is 7.82. The highest BCUT2D eigenvalue weighted by Gasteiger charge is 2.08. The van der Waals surface area contributed by atoms with Gasteiger partial charge >= 0.3 is 0 Å². The predicted molar refractivity (Wildman–Crippen MR) is 87.1 cm³/mol. The highest BCUT2D eigenvalue weighted by Crippen LogP contribution is 2.23.